The minimum absolute atomic E-state index is 0.159. The van der Waals surface area contributed by atoms with Crippen LogP contribution in [0.5, 0.6) is 0 Å². The number of amides is 1. The van der Waals surface area contributed by atoms with Gasteiger partial charge in [-0.05, 0) is 12.1 Å². The number of rotatable bonds is 6. The normalized spacial score (nSPS) is 11.1. The predicted molar refractivity (Wildman–Crippen MR) is 98.5 cm³/mol. The molecule has 2 aromatic heterocycles. The molecule has 9 heteroatoms. The van der Waals surface area contributed by atoms with E-state index in [1.54, 1.807) is 39.8 Å². The number of pyridine rings is 1. The molecule has 1 N–H and O–H groups in total. The number of benzene rings is 1. The van der Waals surface area contributed by atoms with Crippen LogP contribution in [0, 0.1) is 11.6 Å². The van der Waals surface area contributed by atoms with Gasteiger partial charge >= 0.3 is 0 Å². The molecule has 3 aromatic rings. The van der Waals surface area contributed by atoms with E-state index in [2.05, 4.69) is 15.3 Å². The lowest BCUT2D eigenvalue weighted by atomic mass is 10.1. The van der Waals surface area contributed by atoms with Crippen LogP contribution in [0.3, 0.4) is 0 Å². The molecule has 0 spiro atoms. The van der Waals surface area contributed by atoms with E-state index in [4.69, 9.17) is 3.07 Å². The monoisotopic (exact) mass is 473 g/mol. The average Bonchev–Trinajstić information content (AvgIpc) is 3.01. The van der Waals surface area contributed by atoms with Gasteiger partial charge in [0, 0.05) is 28.8 Å². The molecule has 6 nitrogen and oxygen atoms in total. The van der Waals surface area contributed by atoms with Crippen LogP contribution in [0.25, 0.3) is 10.9 Å². The van der Waals surface area contributed by atoms with E-state index in [0.717, 1.165) is 11.5 Å². The highest BCUT2D eigenvalue weighted by atomic mass is 127. The largest absolute Gasteiger partial charge is 0.342 e. The Kier molecular flexibility index (Phi) is 5.79. The Bertz CT molecular complexity index is 962. The number of halogens is 3. The zero-order valence-corrected chi connectivity index (χ0v) is 15.8. The lowest BCUT2D eigenvalue weighted by Crippen LogP contribution is -2.24. The van der Waals surface area contributed by atoms with Crippen LogP contribution >= 0.6 is 23.0 Å². The highest BCUT2D eigenvalue weighted by Gasteiger charge is 2.18. The zero-order chi connectivity index (χ0) is 18.7. The molecule has 0 fully saturated rings. The van der Waals surface area contributed by atoms with Gasteiger partial charge in [0.25, 0.3) is 5.91 Å². The molecule has 136 valence electrons. The summed E-state index contributed by atoms with van der Waals surface area (Å²) in [5, 5.41) is 0.750. The van der Waals surface area contributed by atoms with E-state index in [0.29, 0.717) is 16.6 Å². The van der Waals surface area contributed by atoms with Gasteiger partial charge in [0.05, 0.1) is 32.0 Å². The average molecular weight is 473 g/mol. The molecule has 2 heterocycles. The number of hydroxylamine groups is 1. The fourth-order valence-electron chi connectivity index (χ4n) is 2.72. The summed E-state index contributed by atoms with van der Waals surface area (Å²) < 4.78 is 34.0. The van der Waals surface area contributed by atoms with Crippen molar-refractivity contribution >= 4 is 39.8 Å². The molecule has 0 saturated heterocycles. The summed E-state index contributed by atoms with van der Waals surface area (Å²) in [6, 6.07) is 5.26. The second-order valence-corrected chi connectivity index (χ2v) is 6.08. The quantitative estimate of drug-likeness (QED) is 0.440. The molecule has 3 rings (SSSR count). The van der Waals surface area contributed by atoms with Gasteiger partial charge in [-0.2, -0.15) is 0 Å². The molecule has 0 saturated carbocycles. The third-order valence-electron chi connectivity index (χ3n) is 3.90. The SMILES string of the molecule is CONC(=O)c1ncc2c(ccn2Cc2ccc(F)cc2F)c1COI. The Hall–Kier alpha value is -2.11. The highest BCUT2D eigenvalue weighted by Crippen LogP contribution is 2.25. The van der Waals surface area contributed by atoms with Crippen LogP contribution < -0.4 is 5.48 Å². The van der Waals surface area contributed by atoms with E-state index >= 15 is 0 Å². The van der Waals surface area contributed by atoms with Crippen molar-refractivity contribution in [2.45, 2.75) is 13.2 Å². The van der Waals surface area contributed by atoms with E-state index in [9.17, 15) is 13.6 Å². The summed E-state index contributed by atoms with van der Waals surface area (Å²) in [5.74, 6) is -1.73. The van der Waals surface area contributed by atoms with Gasteiger partial charge < -0.3 is 7.63 Å². The molecular formula is C17H14F2IN3O3. The number of nitrogens with one attached hydrogen (secondary N) is 1. The van der Waals surface area contributed by atoms with Crippen molar-refractivity contribution in [1.29, 1.82) is 0 Å². The van der Waals surface area contributed by atoms with Crippen molar-refractivity contribution in [3.8, 4) is 0 Å². The molecule has 1 amide bonds. The summed E-state index contributed by atoms with van der Waals surface area (Å²) in [6.07, 6.45) is 3.28. The van der Waals surface area contributed by atoms with Gasteiger partial charge in [0.1, 0.15) is 40.3 Å². The minimum Gasteiger partial charge on any atom is -0.342 e. The summed E-state index contributed by atoms with van der Waals surface area (Å²) in [7, 11) is 1.33. The number of hydrogen-bond acceptors (Lipinski definition) is 4. The fraction of sp³-hybridized carbons (Fsp3) is 0.176. The molecule has 1 aromatic carbocycles. The van der Waals surface area contributed by atoms with Gasteiger partial charge in [-0.25, -0.2) is 19.2 Å². The van der Waals surface area contributed by atoms with E-state index < -0.39 is 17.5 Å². The van der Waals surface area contributed by atoms with Gasteiger partial charge in [-0.3, -0.25) is 9.63 Å². The molecule has 0 unspecified atom stereocenters. The third-order valence-corrected chi connectivity index (χ3v) is 4.21. The lowest BCUT2D eigenvalue weighted by molar-refractivity contribution is 0.0530. The molecule has 0 aliphatic carbocycles. The number of aromatic nitrogens is 2. The summed E-state index contributed by atoms with van der Waals surface area (Å²) in [6.45, 7) is 0.359. The van der Waals surface area contributed by atoms with Crippen LogP contribution in [-0.2, 0) is 21.1 Å². The summed E-state index contributed by atoms with van der Waals surface area (Å²) in [5.41, 5.74) is 4.05. The minimum atomic E-state index is -0.624. The van der Waals surface area contributed by atoms with Crippen molar-refractivity contribution in [3.63, 3.8) is 0 Å². The van der Waals surface area contributed by atoms with Crippen LogP contribution in [0.4, 0.5) is 8.78 Å². The first-order valence-corrected chi connectivity index (χ1v) is 8.40. The second-order valence-electron chi connectivity index (χ2n) is 5.45. The van der Waals surface area contributed by atoms with Crippen molar-refractivity contribution in [2.75, 3.05) is 7.11 Å². The number of nitrogens with zero attached hydrogens (tertiary/aromatic N) is 2. The van der Waals surface area contributed by atoms with Crippen molar-refractivity contribution < 1.29 is 21.5 Å². The Morgan fingerprint density at radius 2 is 2.15 bits per heavy atom. The zero-order valence-electron chi connectivity index (χ0n) is 13.6. The Labute approximate surface area is 161 Å². The summed E-state index contributed by atoms with van der Waals surface area (Å²) in [4.78, 5) is 21.0. The van der Waals surface area contributed by atoms with Crippen LogP contribution in [0.15, 0.2) is 36.7 Å². The number of hydrogen-bond donors (Lipinski definition) is 1. The van der Waals surface area contributed by atoms with Crippen molar-refractivity contribution in [2.24, 2.45) is 0 Å². The van der Waals surface area contributed by atoms with E-state index in [1.807, 2.05) is 0 Å². The van der Waals surface area contributed by atoms with E-state index in [-0.39, 0.29) is 18.8 Å². The molecule has 26 heavy (non-hydrogen) atoms. The first kappa shape index (κ1) is 18.7. The van der Waals surface area contributed by atoms with Crippen LogP contribution in [-0.4, -0.2) is 22.6 Å². The second kappa shape index (κ2) is 8.06. The van der Waals surface area contributed by atoms with Crippen molar-refractivity contribution in [3.05, 3.63) is 65.1 Å². The highest BCUT2D eigenvalue weighted by molar-refractivity contribution is 14.1. The third kappa shape index (κ3) is 3.69. The van der Waals surface area contributed by atoms with E-state index in [1.165, 1.54) is 25.4 Å². The number of fused-ring (bicyclic) bond motifs is 1. The molecule has 0 bridgehead atoms. The van der Waals surface area contributed by atoms with Crippen LogP contribution in [0.1, 0.15) is 21.6 Å². The van der Waals surface area contributed by atoms with Gasteiger partial charge in [-0.15, -0.1) is 0 Å². The maximum Gasteiger partial charge on any atom is 0.293 e. The first-order chi connectivity index (χ1) is 12.5. The molecule has 0 atom stereocenters. The smallest absolute Gasteiger partial charge is 0.293 e. The molecule has 0 aliphatic rings. The molecule has 0 radical (unpaired) electrons. The summed E-state index contributed by atoms with van der Waals surface area (Å²) >= 11 is 1.74. The Morgan fingerprint density at radius 1 is 1.35 bits per heavy atom. The Balaban J connectivity index is 2.04. The van der Waals surface area contributed by atoms with Gasteiger partial charge in [-0.1, -0.05) is 6.07 Å². The van der Waals surface area contributed by atoms with Crippen molar-refractivity contribution in [1.82, 2.24) is 15.0 Å². The Morgan fingerprint density at radius 3 is 2.85 bits per heavy atom. The predicted octanol–water partition coefficient (Wildman–Crippen LogP) is 3.52. The maximum atomic E-state index is 13.9. The number of carbonyl (C=O) groups is 1. The topological polar surface area (TPSA) is 65.4 Å². The number of carbonyl (C=O) groups excluding carboxylic acids is 1. The first-order valence-electron chi connectivity index (χ1n) is 7.52. The molecular weight excluding hydrogens is 459 g/mol. The maximum absolute atomic E-state index is 13.9. The van der Waals surface area contributed by atoms with Crippen LogP contribution in [0.2, 0.25) is 0 Å². The lowest BCUT2D eigenvalue weighted by Gasteiger charge is -2.11. The van der Waals surface area contributed by atoms with Gasteiger partial charge in [0.15, 0.2) is 0 Å². The fourth-order valence-corrected chi connectivity index (χ4v) is 3.04. The van der Waals surface area contributed by atoms with Gasteiger partial charge in [0.2, 0.25) is 0 Å². The standard InChI is InChI=1S/C17H14F2IN3O3/c1-25-22-17(24)16-13(9-26-20)12-4-5-23(15(12)7-21-16)8-10-2-3-11(18)6-14(10)19/h2-7H,8-9H2,1H3,(H,22,24). The molecule has 0 aliphatic heterocycles.